The summed E-state index contributed by atoms with van der Waals surface area (Å²) in [6.07, 6.45) is -5.57. The van der Waals surface area contributed by atoms with Crippen LogP contribution in [0, 0.1) is 0 Å². The molecule has 0 bridgehead atoms. The Balaban J connectivity index is 2.84. The zero-order valence-electron chi connectivity index (χ0n) is 10.4. The summed E-state index contributed by atoms with van der Waals surface area (Å²) in [6.45, 7) is 1.20. The van der Waals surface area contributed by atoms with E-state index in [2.05, 4.69) is 5.32 Å². The molecular formula is C11H13F3N2O3S. The van der Waals surface area contributed by atoms with Gasteiger partial charge in [-0.2, -0.15) is 13.2 Å². The Morgan fingerprint density at radius 2 is 2.00 bits per heavy atom. The second-order valence-corrected chi connectivity index (χ2v) is 5.83. The molecule has 0 radical (unpaired) electrons. The van der Waals surface area contributed by atoms with Crippen LogP contribution in [-0.2, 0) is 10.0 Å². The highest BCUT2D eigenvalue weighted by atomic mass is 32.2. The summed E-state index contributed by atoms with van der Waals surface area (Å²) in [5.41, 5.74) is -0.0782. The van der Waals surface area contributed by atoms with Gasteiger partial charge in [-0.3, -0.25) is 4.79 Å². The molecular weight excluding hydrogens is 297 g/mol. The molecule has 0 aliphatic heterocycles. The van der Waals surface area contributed by atoms with E-state index >= 15 is 0 Å². The van der Waals surface area contributed by atoms with E-state index in [1.165, 1.54) is 25.1 Å². The number of nitrogens with one attached hydrogen (secondary N) is 1. The molecule has 1 unspecified atom stereocenters. The van der Waals surface area contributed by atoms with Gasteiger partial charge in [0, 0.05) is 11.6 Å². The lowest BCUT2D eigenvalue weighted by atomic mass is 10.1. The van der Waals surface area contributed by atoms with E-state index in [9.17, 15) is 26.4 Å². The van der Waals surface area contributed by atoms with Crippen LogP contribution in [0.15, 0.2) is 29.2 Å². The average Bonchev–Trinajstić information content (AvgIpc) is 2.25. The number of sulfonamides is 1. The van der Waals surface area contributed by atoms with Crippen molar-refractivity contribution in [3.63, 3.8) is 0 Å². The van der Waals surface area contributed by atoms with E-state index in [1.807, 2.05) is 0 Å². The van der Waals surface area contributed by atoms with E-state index in [0.717, 1.165) is 6.07 Å². The van der Waals surface area contributed by atoms with Crippen LogP contribution in [0.1, 0.15) is 23.7 Å². The van der Waals surface area contributed by atoms with Gasteiger partial charge in [0.25, 0.3) is 5.91 Å². The van der Waals surface area contributed by atoms with Crippen molar-refractivity contribution in [2.75, 3.05) is 0 Å². The number of amides is 1. The Hall–Kier alpha value is -1.61. The van der Waals surface area contributed by atoms with Gasteiger partial charge in [0.1, 0.15) is 0 Å². The molecule has 5 nitrogen and oxygen atoms in total. The molecule has 1 atom stereocenters. The minimum atomic E-state index is -4.39. The van der Waals surface area contributed by atoms with Gasteiger partial charge in [-0.05, 0) is 25.1 Å². The molecule has 0 heterocycles. The van der Waals surface area contributed by atoms with Gasteiger partial charge in [-0.15, -0.1) is 0 Å². The maximum Gasteiger partial charge on any atom is 0.391 e. The smallest absolute Gasteiger partial charge is 0.349 e. The molecule has 0 saturated carbocycles. The molecule has 1 amide bonds. The van der Waals surface area contributed by atoms with Gasteiger partial charge in [0.05, 0.1) is 11.3 Å². The van der Waals surface area contributed by atoms with Crippen LogP contribution in [0.3, 0.4) is 0 Å². The third-order valence-electron chi connectivity index (χ3n) is 2.34. The summed E-state index contributed by atoms with van der Waals surface area (Å²) < 4.78 is 58.6. The molecule has 3 N–H and O–H groups in total. The molecule has 0 saturated heterocycles. The number of rotatable bonds is 4. The van der Waals surface area contributed by atoms with Crippen LogP contribution < -0.4 is 10.5 Å². The summed E-state index contributed by atoms with van der Waals surface area (Å²) >= 11 is 0. The molecule has 112 valence electrons. The fraction of sp³-hybridized carbons (Fsp3) is 0.364. The topological polar surface area (TPSA) is 89.3 Å². The van der Waals surface area contributed by atoms with Crippen molar-refractivity contribution < 1.29 is 26.4 Å². The van der Waals surface area contributed by atoms with Gasteiger partial charge in [-0.25, -0.2) is 13.6 Å². The summed E-state index contributed by atoms with van der Waals surface area (Å²) in [5, 5.41) is 7.04. The quantitative estimate of drug-likeness (QED) is 0.881. The highest BCUT2D eigenvalue weighted by Crippen LogP contribution is 2.21. The first-order valence-electron chi connectivity index (χ1n) is 5.49. The van der Waals surface area contributed by atoms with Gasteiger partial charge in [-0.1, -0.05) is 6.07 Å². The Morgan fingerprint density at radius 1 is 1.40 bits per heavy atom. The van der Waals surface area contributed by atoms with E-state index in [1.54, 1.807) is 0 Å². The number of halogens is 3. The molecule has 1 rings (SSSR count). The molecule has 0 aliphatic rings. The predicted octanol–water partition coefficient (Wildman–Crippen LogP) is 1.40. The first kappa shape index (κ1) is 16.4. The molecule has 0 fully saturated rings. The van der Waals surface area contributed by atoms with E-state index < -0.39 is 34.6 Å². The second kappa shape index (κ2) is 5.80. The number of primary sulfonamides is 1. The van der Waals surface area contributed by atoms with Crippen molar-refractivity contribution in [1.82, 2.24) is 5.32 Å². The van der Waals surface area contributed by atoms with Crippen LogP contribution in [-0.4, -0.2) is 26.5 Å². The van der Waals surface area contributed by atoms with Crippen molar-refractivity contribution >= 4 is 15.9 Å². The average molecular weight is 310 g/mol. The number of carbonyl (C=O) groups is 1. The molecule has 0 spiro atoms. The maximum atomic E-state index is 12.1. The predicted molar refractivity (Wildman–Crippen MR) is 65.4 cm³/mol. The van der Waals surface area contributed by atoms with Crippen molar-refractivity contribution in [2.24, 2.45) is 5.14 Å². The Bertz CT molecular complexity index is 599. The zero-order chi connectivity index (χ0) is 15.6. The minimum absolute atomic E-state index is 0.0782. The standard InChI is InChI=1S/C11H13F3N2O3S/c1-7(6-11(12,13)14)16-10(17)8-3-2-4-9(5-8)20(15,18)19/h2-5,7H,6H2,1H3,(H,16,17)(H2,15,18,19). The zero-order valence-corrected chi connectivity index (χ0v) is 11.3. The third kappa shape index (κ3) is 5.17. The van der Waals surface area contributed by atoms with Crippen molar-refractivity contribution in [2.45, 2.75) is 30.5 Å². The fourth-order valence-electron chi connectivity index (χ4n) is 1.52. The first-order chi connectivity index (χ1) is 8.99. The summed E-state index contributed by atoms with van der Waals surface area (Å²) in [6, 6.07) is 3.63. The Morgan fingerprint density at radius 3 is 2.50 bits per heavy atom. The lowest BCUT2D eigenvalue weighted by molar-refractivity contribution is -0.138. The van der Waals surface area contributed by atoms with Gasteiger partial charge < -0.3 is 5.32 Å². The minimum Gasteiger partial charge on any atom is -0.349 e. The molecule has 1 aromatic rings. The van der Waals surface area contributed by atoms with Crippen LogP contribution in [0.4, 0.5) is 13.2 Å². The Kier molecular flexibility index (Phi) is 4.77. The van der Waals surface area contributed by atoms with Crippen LogP contribution >= 0.6 is 0 Å². The maximum absolute atomic E-state index is 12.1. The highest BCUT2D eigenvalue weighted by Gasteiger charge is 2.30. The molecule has 0 aliphatic carbocycles. The lowest BCUT2D eigenvalue weighted by Crippen LogP contribution is -2.36. The third-order valence-corrected chi connectivity index (χ3v) is 3.25. The van der Waals surface area contributed by atoms with E-state index in [4.69, 9.17) is 5.14 Å². The summed E-state index contributed by atoms with van der Waals surface area (Å²) in [4.78, 5) is 11.4. The molecule has 1 aromatic carbocycles. The van der Waals surface area contributed by atoms with Crippen LogP contribution in [0.2, 0.25) is 0 Å². The number of carbonyl (C=O) groups excluding carboxylic acids is 1. The van der Waals surface area contributed by atoms with Gasteiger partial charge in [0.15, 0.2) is 0 Å². The van der Waals surface area contributed by atoms with Crippen molar-refractivity contribution in [1.29, 1.82) is 0 Å². The fourth-order valence-corrected chi connectivity index (χ4v) is 2.08. The van der Waals surface area contributed by atoms with E-state index in [0.29, 0.717) is 0 Å². The lowest BCUT2D eigenvalue weighted by Gasteiger charge is -2.16. The van der Waals surface area contributed by atoms with Crippen molar-refractivity contribution in [3.05, 3.63) is 29.8 Å². The monoisotopic (exact) mass is 310 g/mol. The van der Waals surface area contributed by atoms with Gasteiger partial charge in [0.2, 0.25) is 10.0 Å². The number of hydrogen-bond acceptors (Lipinski definition) is 3. The normalized spacial score (nSPS) is 13.8. The number of nitrogens with two attached hydrogens (primary N) is 1. The Labute approximate surface area is 114 Å². The summed E-state index contributed by atoms with van der Waals surface area (Å²) in [7, 11) is -3.98. The second-order valence-electron chi connectivity index (χ2n) is 4.27. The number of hydrogen-bond donors (Lipinski definition) is 2. The summed E-state index contributed by atoms with van der Waals surface area (Å²) in [5.74, 6) is -0.799. The number of benzene rings is 1. The van der Waals surface area contributed by atoms with Crippen molar-refractivity contribution in [3.8, 4) is 0 Å². The molecule has 9 heteroatoms. The molecule has 20 heavy (non-hydrogen) atoms. The first-order valence-corrected chi connectivity index (χ1v) is 7.04. The highest BCUT2D eigenvalue weighted by molar-refractivity contribution is 7.89. The largest absolute Gasteiger partial charge is 0.391 e. The number of alkyl halides is 3. The van der Waals surface area contributed by atoms with Crippen LogP contribution in [0.25, 0.3) is 0 Å². The SMILES string of the molecule is CC(CC(F)(F)F)NC(=O)c1cccc(S(N)(=O)=O)c1. The van der Waals surface area contributed by atoms with Gasteiger partial charge >= 0.3 is 6.18 Å². The van der Waals surface area contributed by atoms with Crippen LogP contribution in [0.5, 0.6) is 0 Å². The van der Waals surface area contributed by atoms with E-state index in [-0.39, 0.29) is 10.5 Å². The molecule has 0 aromatic heterocycles.